The van der Waals surface area contributed by atoms with Gasteiger partial charge in [0.2, 0.25) is 0 Å². The minimum Gasteiger partial charge on any atom is -0.490 e. The molecule has 0 amide bonds. The number of hydrogen-bond donors (Lipinski definition) is 0. The van der Waals surface area contributed by atoms with Crippen LogP contribution in [0.5, 0.6) is 11.5 Å². The summed E-state index contributed by atoms with van der Waals surface area (Å²) in [4.78, 5) is 18.3. The molecule has 0 aliphatic heterocycles. The number of ether oxygens (including phenoxy) is 2. The number of nitrogens with zero attached hydrogens (tertiary/aromatic N) is 2. The number of halogens is 2. The Bertz CT molecular complexity index is 1590. The van der Waals surface area contributed by atoms with Gasteiger partial charge < -0.3 is 9.47 Å². The van der Waals surface area contributed by atoms with Gasteiger partial charge in [0.1, 0.15) is 6.61 Å². The topological polar surface area (TPSA) is 52.8 Å². The summed E-state index contributed by atoms with van der Waals surface area (Å²) in [5.74, 6) is 1.21. The van der Waals surface area contributed by atoms with Crippen molar-refractivity contribution in [2.75, 3.05) is 6.61 Å². The fourth-order valence-electron chi connectivity index (χ4n) is 3.56. The molecule has 0 N–H and O–H groups in total. The molecule has 0 saturated heterocycles. The van der Waals surface area contributed by atoms with Gasteiger partial charge in [0.15, 0.2) is 16.5 Å². The number of para-hydroxylation sites is 2. The third kappa shape index (κ3) is 4.29. The smallest absolute Gasteiger partial charge is 0.274 e. The standard InChI is InChI=1S/C25H18Cl2N2O3S/c1-2-31-22-12-15(8-10-21(22)32-14-16-7-9-17(26)18(27)11-16)13-23-24(30)29-20-6-4-3-5-19(20)28-25(29)33-23/h3-13H,2,14H2,1H3. The maximum Gasteiger partial charge on any atom is 0.274 e. The summed E-state index contributed by atoms with van der Waals surface area (Å²) < 4.78 is 14.0. The molecule has 0 fully saturated rings. The molecule has 33 heavy (non-hydrogen) atoms. The molecule has 0 atom stereocenters. The Kier molecular flexibility index (Phi) is 5.98. The largest absolute Gasteiger partial charge is 0.490 e. The second-order valence-electron chi connectivity index (χ2n) is 7.31. The van der Waals surface area contributed by atoms with Gasteiger partial charge in [-0.15, -0.1) is 0 Å². The van der Waals surface area contributed by atoms with Crippen LogP contribution in [-0.4, -0.2) is 16.0 Å². The SMILES string of the molecule is CCOc1cc(C=c2sc3nc4ccccc4n3c2=O)ccc1OCc1ccc(Cl)c(Cl)c1. The van der Waals surface area contributed by atoms with E-state index < -0.39 is 0 Å². The van der Waals surface area contributed by atoms with Crippen LogP contribution in [0.2, 0.25) is 10.0 Å². The Balaban J connectivity index is 1.47. The van der Waals surface area contributed by atoms with Crippen molar-refractivity contribution in [2.45, 2.75) is 13.5 Å². The van der Waals surface area contributed by atoms with Crippen LogP contribution in [0.1, 0.15) is 18.1 Å². The lowest BCUT2D eigenvalue weighted by molar-refractivity contribution is 0.269. The zero-order chi connectivity index (χ0) is 22.9. The highest BCUT2D eigenvalue weighted by Crippen LogP contribution is 2.30. The van der Waals surface area contributed by atoms with E-state index in [-0.39, 0.29) is 5.56 Å². The molecule has 0 unspecified atom stereocenters. The minimum absolute atomic E-state index is 0.0818. The van der Waals surface area contributed by atoms with Crippen LogP contribution in [0.25, 0.3) is 22.1 Å². The molecular formula is C25H18Cl2N2O3S. The first-order valence-corrected chi connectivity index (χ1v) is 11.9. The van der Waals surface area contributed by atoms with Gasteiger partial charge in [-0.05, 0) is 60.5 Å². The van der Waals surface area contributed by atoms with E-state index in [0.29, 0.717) is 44.3 Å². The first-order chi connectivity index (χ1) is 16.0. The van der Waals surface area contributed by atoms with Gasteiger partial charge >= 0.3 is 0 Å². The molecule has 5 nitrogen and oxygen atoms in total. The van der Waals surface area contributed by atoms with Crippen LogP contribution in [0.15, 0.2) is 65.5 Å². The Morgan fingerprint density at radius 3 is 2.67 bits per heavy atom. The number of imidazole rings is 1. The Hall–Kier alpha value is -3.06. The van der Waals surface area contributed by atoms with Gasteiger partial charge in [-0.1, -0.05) is 58.8 Å². The van der Waals surface area contributed by atoms with Crippen molar-refractivity contribution in [2.24, 2.45) is 0 Å². The average Bonchev–Trinajstić information content (AvgIpc) is 3.32. The van der Waals surface area contributed by atoms with E-state index >= 15 is 0 Å². The van der Waals surface area contributed by atoms with Gasteiger partial charge in [-0.25, -0.2) is 9.38 Å². The maximum absolute atomic E-state index is 13.0. The summed E-state index contributed by atoms with van der Waals surface area (Å²) in [6.45, 7) is 2.71. The molecule has 0 spiro atoms. The number of fused-ring (bicyclic) bond motifs is 3. The number of hydrogen-bond acceptors (Lipinski definition) is 5. The summed E-state index contributed by atoms with van der Waals surface area (Å²) in [5.41, 5.74) is 3.28. The Labute approximate surface area is 203 Å². The normalized spacial score (nSPS) is 12.0. The second-order valence-corrected chi connectivity index (χ2v) is 9.13. The van der Waals surface area contributed by atoms with Crippen LogP contribution < -0.4 is 19.6 Å². The lowest BCUT2D eigenvalue weighted by atomic mass is 10.2. The van der Waals surface area contributed by atoms with E-state index in [4.69, 9.17) is 32.7 Å². The van der Waals surface area contributed by atoms with Gasteiger partial charge in [0.05, 0.1) is 32.2 Å². The molecular weight excluding hydrogens is 479 g/mol. The fourth-order valence-corrected chi connectivity index (χ4v) is 4.86. The highest BCUT2D eigenvalue weighted by atomic mass is 35.5. The van der Waals surface area contributed by atoms with E-state index in [9.17, 15) is 4.79 Å². The van der Waals surface area contributed by atoms with Gasteiger partial charge in [0.25, 0.3) is 5.56 Å². The Morgan fingerprint density at radius 1 is 1.00 bits per heavy atom. The molecule has 0 saturated carbocycles. The predicted molar refractivity (Wildman–Crippen MR) is 134 cm³/mol. The maximum atomic E-state index is 13.0. The van der Waals surface area contributed by atoms with Crippen molar-refractivity contribution in [3.05, 3.63) is 96.7 Å². The molecule has 0 aliphatic carbocycles. The minimum atomic E-state index is -0.0818. The first-order valence-electron chi connectivity index (χ1n) is 10.3. The highest BCUT2D eigenvalue weighted by molar-refractivity contribution is 7.15. The molecule has 166 valence electrons. The molecule has 2 aromatic heterocycles. The van der Waals surface area contributed by atoms with Crippen LogP contribution in [0, 0.1) is 0 Å². The molecule has 3 aromatic carbocycles. The fraction of sp³-hybridized carbons (Fsp3) is 0.120. The molecule has 5 aromatic rings. The van der Waals surface area contributed by atoms with E-state index in [1.54, 1.807) is 16.5 Å². The second kappa shape index (κ2) is 9.06. The van der Waals surface area contributed by atoms with E-state index in [0.717, 1.165) is 22.2 Å². The van der Waals surface area contributed by atoms with E-state index in [1.807, 2.05) is 61.5 Å². The van der Waals surface area contributed by atoms with E-state index in [2.05, 4.69) is 4.98 Å². The molecule has 0 radical (unpaired) electrons. The third-order valence-electron chi connectivity index (χ3n) is 5.09. The van der Waals surface area contributed by atoms with Gasteiger partial charge in [0, 0.05) is 0 Å². The lowest BCUT2D eigenvalue weighted by Crippen LogP contribution is -2.22. The number of thiazole rings is 1. The summed E-state index contributed by atoms with van der Waals surface area (Å²) in [5, 5.41) is 0.985. The summed E-state index contributed by atoms with van der Waals surface area (Å²) in [6.07, 6.45) is 1.85. The summed E-state index contributed by atoms with van der Waals surface area (Å²) in [6, 6.07) is 18.6. The molecule has 0 bridgehead atoms. The third-order valence-corrected chi connectivity index (χ3v) is 6.80. The summed E-state index contributed by atoms with van der Waals surface area (Å²) >= 11 is 13.4. The first kappa shape index (κ1) is 21.8. The van der Waals surface area contributed by atoms with Crippen LogP contribution in [0.4, 0.5) is 0 Å². The highest BCUT2D eigenvalue weighted by Gasteiger charge is 2.12. The molecule has 0 aliphatic rings. The molecule has 8 heteroatoms. The monoisotopic (exact) mass is 496 g/mol. The Morgan fingerprint density at radius 2 is 1.85 bits per heavy atom. The van der Waals surface area contributed by atoms with Gasteiger partial charge in [-0.2, -0.15) is 0 Å². The zero-order valence-electron chi connectivity index (χ0n) is 17.5. The summed E-state index contributed by atoms with van der Waals surface area (Å²) in [7, 11) is 0. The van der Waals surface area contributed by atoms with Crippen molar-refractivity contribution in [1.29, 1.82) is 0 Å². The van der Waals surface area contributed by atoms with Crippen LogP contribution >= 0.6 is 34.5 Å². The van der Waals surface area contributed by atoms with Crippen molar-refractivity contribution < 1.29 is 9.47 Å². The van der Waals surface area contributed by atoms with Crippen molar-refractivity contribution in [3.8, 4) is 11.5 Å². The van der Waals surface area contributed by atoms with E-state index in [1.165, 1.54) is 11.3 Å². The molecule has 5 rings (SSSR count). The number of aromatic nitrogens is 2. The van der Waals surface area contributed by atoms with Crippen molar-refractivity contribution in [3.63, 3.8) is 0 Å². The van der Waals surface area contributed by atoms with Crippen LogP contribution in [0.3, 0.4) is 0 Å². The zero-order valence-corrected chi connectivity index (χ0v) is 19.9. The number of rotatable bonds is 6. The molecule has 2 heterocycles. The predicted octanol–water partition coefficient (Wildman–Crippen LogP) is 5.74. The quantitative estimate of drug-likeness (QED) is 0.300. The van der Waals surface area contributed by atoms with Crippen LogP contribution in [-0.2, 0) is 6.61 Å². The van der Waals surface area contributed by atoms with Crippen molar-refractivity contribution in [1.82, 2.24) is 9.38 Å². The average molecular weight is 497 g/mol. The van der Waals surface area contributed by atoms with Crippen molar-refractivity contribution >= 4 is 56.6 Å². The lowest BCUT2D eigenvalue weighted by Gasteiger charge is -2.13. The number of benzene rings is 3. The van der Waals surface area contributed by atoms with Gasteiger partial charge in [-0.3, -0.25) is 4.79 Å².